The fraction of sp³-hybridized carbons (Fsp3) is 0.440. The van der Waals surface area contributed by atoms with Gasteiger partial charge in [-0.3, -0.25) is 13.9 Å². The fourth-order valence-corrected chi connectivity index (χ4v) is 4.35. The number of hydrogen-bond donors (Lipinski definition) is 1. The molecule has 0 aromatic heterocycles. The van der Waals surface area contributed by atoms with E-state index in [0.29, 0.717) is 12.2 Å². The molecule has 7 nitrogen and oxygen atoms in total. The van der Waals surface area contributed by atoms with Crippen molar-refractivity contribution in [1.29, 1.82) is 0 Å². The minimum Gasteiger partial charge on any atom is -0.354 e. The first kappa shape index (κ1) is 26.4. The van der Waals surface area contributed by atoms with E-state index in [1.807, 2.05) is 64.1 Å². The molecule has 0 radical (unpaired) electrons. The minimum absolute atomic E-state index is 0.199. The lowest BCUT2D eigenvalue weighted by Gasteiger charge is -2.32. The van der Waals surface area contributed by atoms with Gasteiger partial charge in [-0.1, -0.05) is 48.9 Å². The molecule has 33 heavy (non-hydrogen) atoms. The van der Waals surface area contributed by atoms with E-state index in [0.717, 1.165) is 39.2 Å². The smallest absolute Gasteiger partial charge is 0.244 e. The quantitative estimate of drug-likeness (QED) is 0.574. The van der Waals surface area contributed by atoms with Crippen LogP contribution in [0.2, 0.25) is 0 Å². The van der Waals surface area contributed by atoms with Gasteiger partial charge < -0.3 is 10.2 Å². The van der Waals surface area contributed by atoms with E-state index in [1.165, 1.54) is 4.90 Å². The third-order valence-corrected chi connectivity index (χ3v) is 6.63. The van der Waals surface area contributed by atoms with Gasteiger partial charge in [-0.15, -0.1) is 0 Å². The van der Waals surface area contributed by atoms with Gasteiger partial charge in [0.15, 0.2) is 0 Å². The van der Waals surface area contributed by atoms with E-state index < -0.39 is 22.0 Å². The number of carbonyl (C=O) groups is 2. The summed E-state index contributed by atoms with van der Waals surface area (Å²) in [5, 5.41) is 2.83. The molecule has 2 aromatic carbocycles. The number of anilines is 1. The van der Waals surface area contributed by atoms with Gasteiger partial charge in [-0.25, -0.2) is 8.42 Å². The average Bonchev–Trinajstić information content (AvgIpc) is 2.75. The Morgan fingerprint density at radius 1 is 1.00 bits per heavy atom. The van der Waals surface area contributed by atoms with E-state index in [1.54, 1.807) is 13.0 Å². The van der Waals surface area contributed by atoms with Crippen LogP contribution in [0, 0.1) is 20.8 Å². The number of nitrogens with zero attached hydrogens (tertiary/aromatic N) is 2. The molecule has 2 rings (SSSR count). The Balaban J connectivity index is 2.40. The molecular weight excluding hydrogens is 438 g/mol. The molecule has 0 heterocycles. The first-order valence-corrected chi connectivity index (χ1v) is 13.0. The van der Waals surface area contributed by atoms with Gasteiger partial charge in [-0.2, -0.15) is 0 Å². The highest BCUT2D eigenvalue weighted by Crippen LogP contribution is 2.24. The molecule has 0 aliphatic carbocycles. The van der Waals surface area contributed by atoms with Gasteiger partial charge in [0.25, 0.3) is 0 Å². The molecule has 0 saturated carbocycles. The Bertz CT molecular complexity index is 1080. The summed E-state index contributed by atoms with van der Waals surface area (Å²) in [5.74, 6) is -0.712. The number of sulfonamides is 1. The van der Waals surface area contributed by atoms with Crippen molar-refractivity contribution in [3.05, 3.63) is 64.7 Å². The van der Waals surface area contributed by atoms with Crippen molar-refractivity contribution in [1.82, 2.24) is 10.2 Å². The van der Waals surface area contributed by atoms with E-state index >= 15 is 0 Å². The van der Waals surface area contributed by atoms with Crippen LogP contribution in [-0.4, -0.2) is 50.5 Å². The molecule has 2 amide bonds. The molecule has 0 saturated heterocycles. The lowest BCUT2D eigenvalue weighted by molar-refractivity contribution is -0.139. The van der Waals surface area contributed by atoms with Crippen molar-refractivity contribution in [2.45, 2.75) is 53.6 Å². The zero-order chi connectivity index (χ0) is 24.8. The van der Waals surface area contributed by atoms with Gasteiger partial charge in [0.2, 0.25) is 21.8 Å². The second-order valence-corrected chi connectivity index (χ2v) is 10.4. The Morgan fingerprint density at radius 2 is 1.61 bits per heavy atom. The van der Waals surface area contributed by atoms with Crippen LogP contribution in [0.4, 0.5) is 5.69 Å². The lowest BCUT2D eigenvalue weighted by atomic mass is 10.1. The van der Waals surface area contributed by atoms with Gasteiger partial charge in [0.1, 0.15) is 12.6 Å². The van der Waals surface area contributed by atoms with E-state index in [4.69, 9.17) is 0 Å². The molecule has 0 aliphatic rings. The Morgan fingerprint density at radius 3 is 2.18 bits per heavy atom. The summed E-state index contributed by atoms with van der Waals surface area (Å²) in [6, 6.07) is 12.4. The number of nitrogens with one attached hydrogen (secondary N) is 1. The molecule has 1 N–H and O–H groups in total. The van der Waals surface area contributed by atoms with Crippen LogP contribution in [0.5, 0.6) is 0 Å². The third-order valence-electron chi connectivity index (χ3n) is 5.50. The highest BCUT2D eigenvalue weighted by molar-refractivity contribution is 7.92. The molecular formula is C25H35N3O4S. The van der Waals surface area contributed by atoms with Gasteiger partial charge in [-0.05, 0) is 56.9 Å². The van der Waals surface area contributed by atoms with Crippen LogP contribution < -0.4 is 9.62 Å². The van der Waals surface area contributed by atoms with Gasteiger partial charge >= 0.3 is 0 Å². The Labute approximate surface area is 197 Å². The van der Waals surface area contributed by atoms with E-state index in [-0.39, 0.29) is 19.0 Å². The summed E-state index contributed by atoms with van der Waals surface area (Å²) in [6.07, 6.45) is 1.86. The van der Waals surface area contributed by atoms with Gasteiger partial charge in [0, 0.05) is 13.1 Å². The van der Waals surface area contributed by atoms with Crippen LogP contribution in [0.15, 0.2) is 42.5 Å². The van der Waals surface area contributed by atoms with Gasteiger partial charge in [0.05, 0.1) is 11.9 Å². The van der Waals surface area contributed by atoms with E-state index in [9.17, 15) is 18.0 Å². The highest BCUT2D eigenvalue weighted by atomic mass is 32.2. The van der Waals surface area contributed by atoms with Crippen molar-refractivity contribution in [2.24, 2.45) is 0 Å². The number of benzene rings is 2. The van der Waals surface area contributed by atoms with Crippen LogP contribution in [0.3, 0.4) is 0 Å². The summed E-state index contributed by atoms with van der Waals surface area (Å²) in [4.78, 5) is 27.7. The topological polar surface area (TPSA) is 86.8 Å². The van der Waals surface area contributed by atoms with Crippen molar-refractivity contribution < 1.29 is 18.0 Å². The Hall–Kier alpha value is -2.87. The largest absolute Gasteiger partial charge is 0.354 e. The number of rotatable bonds is 10. The average molecular weight is 474 g/mol. The molecule has 0 fully saturated rings. The Kier molecular flexibility index (Phi) is 9.05. The molecule has 2 aromatic rings. The molecule has 0 spiro atoms. The normalized spacial score (nSPS) is 12.2. The third kappa shape index (κ3) is 7.32. The maximum Gasteiger partial charge on any atom is 0.244 e. The summed E-state index contributed by atoms with van der Waals surface area (Å²) < 4.78 is 26.5. The summed E-state index contributed by atoms with van der Waals surface area (Å²) >= 11 is 0. The van der Waals surface area contributed by atoms with Crippen LogP contribution >= 0.6 is 0 Å². The van der Waals surface area contributed by atoms with Crippen LogP contribution in [0.1, 0.15) is 42.5 Å². The predicted octanol–water partition coefficient (Wildman–Crippen LogP) is 3.32. The molecule has 1 atom stereocenters. The molecule has 0 aliphatic heterocycles. The molecule has 1 unspecified atom stereocenters. The molecule has 8 heteroatoms. The zero-order valence-corrected chi connectivity index (χ0v) is 21.2. The second kappa shape index (κ2) is 11.3. The standard InChI is InChI=1S/C25H35N3O4S/c1-7-14-26-25(30)21(5)27(16-22-12-9-18(2)10-13-22)24(29)17-28(33(6,31)32)23-15-19(3)8-11-20(23)4/h8-13,15,21H,7,14,16-17H2,1-6H3,(H,26,30). The first-order valence-electron chi connectivity index (χ1n) is 11.1. The SMILES string of the molecule is CCCNC(=O)C(C)N(Cc1ccc(C)cc1)C(=O)CN(c1cc(C)ccc1C)S(C)(=O)=O. The first-order chi connectivity index (χ1) is 15.4. The van der Waals surface area contributed by atoms with E-state index in [2.05, 4.69) is 5.32 Å². The van der Waals surface area contributed by atoms with Crippen LogP contribution in [-0.2, 0) is 26.2 Å². The fourth-order valence-electron chi connectivity index (χ4n) is 3.45. The van der Waals surface area contributed by atoms with Crippen molar-refractivity contribution in [3.63, 3.8) is 0 Å². The summed E-state index contributed by atoms with van der Waals surface area (Å²) in [7, 11) is -3.74. The second-order valence-electron chi connectivity index (χ2n) is 8.53. The van der Waals surface area contributed by atoms with Crippen LogP contribution in [0.25, 0.3) is 0 Å². The number of amides is 2. The zero-order valence-electron chi connectivity index (χ0n) is 20.4. The molecule has 0 bridgehead atoms. The summed E-state index contributed by atoms with van der Waals surface area (Å²) in [5.41, 5.74) is 4.05. The highest BCUT2D eigenvalue weighted by Gasteiger charge is 2.30. The number of hydrogen-bond acceptors (Lipinski definition) is 4. The summed E-state index contributed by atoms with van der Waals surface area (Å²) in [6.45, 7) is 9.59. The van der Waals surface area contributed by atoms with Crippen molar-refractivity contribution in [3.8, 4) is 0 Å². The monoisotopic (exact) mass is 473 g/mol. The minimum atomic E-state index is -3.74. The number of aryl methyl sites for hydroxylation is 3. The van der Waals surface area contributed by atoms with Crippen molar-refractivity contribution >= 4 is 27.5 Å². The maximum absolute atomic E-state index is 13.5. The maximum atomic E-state index is 13.5. The molecule has 180 valence electrons. The predicted molar refractivity (Wildman–Crippen MR) is 133 cm³/mol. The van der Waals surface area contributed by atoms with Crippen molar-refractivity contribution in [2.75, 3.05) is 23.7 Å². The lowest BCUT2D eigenvalue weighted by Crippen LogP contribution is -2.51. The number of carbonyl (C=O) groups excluding carboxylic acids is 2.